The second-order valence-electron chi connectivity index (χ2n) is 7.79. The lowest BCUT2D eigenvalue weighted by Gasteiger charge is -2.30. The molecule has 32 heavy (non-hydrogen) atoms. The molecular formula is C23H24BrCl3N2O3. The summed E-state index contributed by atoms with van der Waals surface area (Å²) in [5, 5.41) is 4.36. The van der Waals surface area contributed by atoms with E-state index < -0.39 is 6.04 Å². The molecule has 0 unspecified atom stereocenters. The first-order valence-electron chi connectivity index (χ1n) is 10.4. The van der Waals surface area contributed by atoms with E-state index in [1.165, 1.54) is 4.90 Å². The van der Waals surface area contributed by atoms with Crippen LogP contribution in [0, 0.1) is 0 Å². The average molecular weight is 563 g/mol. The topological polar surface area (TPSA) is 58.6 Å². The van der Waals surface area contributed by atoms with Crippen LogP contribution in [0.1, 0.15) is 38.2 Å². The van der Waals surface area contributed by atoms with Gasteiger partial charge in [0.1, 0.15) is 11.8 Å². The van der Waals surface area contributed by atoms with Crippen molar-refractivity contribution in [3.8, 4) is 5.75 Å². The minimum absolute atomic E-state index is 0.144. The van der Waals surface area contributed by atoms with Gasteiger partial charge in [-0.3, -0.25) is 9.59 Å². The SMILES string of the molecule is C[C@H](C(=O)NC1CCCC1)N(Cc1ccc(Cl)cc1Cl)C(=O)COc1ccc(Br)cc1Cl. The number of hydrogen-bond acceptors (Lipinski definition) is 3. The van der Waals surface area contributed by atoms with E-state index in [9.17, 15) is 9.59 Å². The Bertz CT molecular complexity index is 983. The van der Waals surface area contributed by atoms with Crippen molar-refractivity contribution in [2.24, 2.45) is 0 Å². The molecule has 1 aliphatic rings. The van der Waals surface area contributed by atoms with Gasteiger partial charge in [-0.2, -0.15) is 0 Å². The number of carbonyl (C=O) groups excluding carboxylic acids is 2. The van der Waals surface area contributed by atoms with Crippen molar-refractivity contribution in [3.05, 3.63) is 61.5 Å². The molecule has 2 amide bonds. The molecule has 0 spiro atoms. The molecule has 2 aromatic carbocycles. The van der Waals surface area contributed by atoms with E-state index in [1.807, 2.05) is 0 Å². The molecule has 0 heterocycles. The van der Waals surface area contributed by atoms with Crippen LogP contribution in [0.2, 0.25) is 15.1 Å². The summed E-state index contributed by atoms with van der Waals surface area (Å²) in [6.45, 7) is 1.58. The zero-order valence-electron chi connectivity index (χ0n) is 17.5. The third kappa shape index (κ3) is 6.77. The van der Waals surface area contributed by atoms with Gasteiger partial charge in [0, 0.05) is 27.1 Å². The van der Waals surface area contributed by atoms with Crippen molar-refractivity contribution in [1.82, 2.24) is 10.2 Å². The van der Waals surface area contributed by atoms with Crippen LogP contribution in [0.3, 0.4) is 0 Å². The number of nitrogens with zero attached hydrogens (tertiary/aromatic N) is 1. The van der Waals surface area contributed by atoms with E-state index in [0.29, 0.717) is 26.4 Å². The third-order valence-corrected chi connectivity index (χ3v) is 6.85. The molecule has 172 valence electrons. The highest BCUT2D eigenvalue weighted by Gasteiger charge is 2.29. The normalized spacial score (nSPS) is 14.8. The maximum Gasteiger partial charge on any atom is 0.261 e. The molecule has 0 radical (unpaired) electrons. The van der Waals surface area contributed by atoms with Gasteiger partial charge >= 0.3 is 0 Å². The minimum Gasteiger partial charge on any atom is -0.482 e. The monoisotopic (exact) mass is 560 g/mol. The van der Waals surface area contributed by atoms with Crippen LogP contribution < -0.4 is 10.1 Å². The molecule has 3 rings (SSSR count). The smallest absolute Gasteiger partial charge is 0.261 e. The fourth-order valence-electron chi connectivity index (χ4n) is 3.62. The Morgan fingerprint density at radius 3 is 2.50 bits per heavy atom. The zero-order chi connectivity index (χ0) is 23.3. The summed E-state index contributed by atoms with van der Waals surface area (Å²) < 4.78 is 6.46. The van der Waals surface area contributed by atoms with E-state index >= 15 is 0 Å². The van der Waals surface area contributed by atoms with Crippen LogP contribution in [-0.2, 0) is 16.1 Å². The Balaban J connectivity index is 1.76. The number of carbonyl (C=O) groups is 2. The summed E-state index contributed by atoms with van der Waals surface area (Å²) in [6, 6.07) is 9.64. The van der Waals surface area contributed by atoms with E-state index in [2.05, 4.69) is 21.2 Å². The summed E-state index contributed by atoms with van der Waals surface area (Å²) in [5.74, 6) is -0.170. The standard InChI is InChI=1S/C23H24BrCl3N2O3/c1-14(23(31)28-18-4-2-3-5-18)29(12-15-6-8-17(25)11-19(15)26)22(30)13-32-21-9-7-16(24)10-20(21)27/h6-11,14,18H,2-5,12-13H2,1H3,(H,28,31)/t14-/m1/s1. The first-order chi connectivity index (χ1) is 15.2. The van der Waals surface area contributed by atoms with Gasteiger partial charge in [0.2, 0.25) is 5.91 Å². The highest BCUT2D eigenvalue weighted by molar-refractivity contribution is 9.10. The second kappa shape index (κ2) is 11.6. The minimum atomic E-state index is -0.709. The molecule has 1 aliphatic carbocycles. The van der Waals surface area contributed by atoms with Crippen molar-refractivity contribution >= 4 is 62.5 Å². The first kappa shape index (κ1) is 25.2. The number of benzene rings is 2. The van der Waals surface area contributed by atoms with E-state index in [-0.39, 0.29) is 31.0 Å². The molecule has 1 saturated carbocycles. The third-order valence-electron chi connectivity index (χ3n) is 5.47. The van der Waals surface area contributed by atoms with Crippen LogP contribution in [0.15, 0.2) is 40.9 Å². The summed E-state index contributed by atoms with van der Waals surface area (Å²) in [5.41, 5.74) is 0.687. The van der Waals surface area contributed by atoms with Crippen molar-refractivity contribution in [3.63, 3.8) is 0 Å². The summed E-state index contributed by atoms with van der Waals surface area (Å²) in [6.07, 6.45) is 4.12. The quantitative estimate of drug-likeness (QED) is 0.413. The molecular weight excluding hydrogens is 539 g/mol. The van der Waals surface area contributed by atoms with Gasteiger partial charge in [-0.25, -0.2) is 0 Å². The van der Waals surface area contributed by atoms with Crippen LogP contribution >= 0.6 is 50.7 Å². The molecule has 0 aliphatic heterocycles. The van der Waals surface area contributed by atoms with Gasteiger partial charge in [0.25, 0.3) is 5.91 Å². The fraction of sp³-hybridized carbons (Fsp3) is 0.391. The number of halogens is 4. The van der Waals surface area contributed by atoms with E-state index in [0.717, 1.165) is 30.2 Å². The largest absolute Gasteiger partial charge is 0.482 e. The van der Waals surface area contributed by atoms with Gasteiger partial charge in [-0.05, 0) is 55.7 Å². The van der Waals surface area contributed by atoms with Crippen LogP contribution in [0.25, 0.3) is 0 Å². The van der Waals surface area contributed by atoms with Crippen molar-refractivity contribution in [2.75, 3.05) is 6.61 Å². The van der Waals surface area contributed by atoms with E-state index in [1.54, 1.807) is 43.3 Å². The number of hydrogen-bond donors (Lipinski definition) is 1. The Morgan fingerprint density at radius 1 is 1.12 bits per heavy atom. The summed E-state index contributed by atoms with van der Waals surface area (Å²) in [7, 11) is 0. The maximum absolute atomic E-state index is 13.2. The fourth-order valence-corrected chi connectivity index (χ4v) is 4.82. The van der Waals surface area contributed by atoms with Crippen molar-refractivity contribution < 1.29 is 14.3 Å². The molecule has 2 aromatic rings. The van der Waals surface area contributed by atoms with Crippen molar-refractivity contribution in [1.29, 1.82) is 0 Å². The maximum atomic E-state index is 13.2. The highest BCUT2D eigenvalue weighted by atomic mass is 79.9. The van der Waals surface area contributed by atoms with Gasteiger partial charge in [-0.15, -0.1) is 0 Å². The lowest BCUT2D eigenvalue weighted by molar-refractivity contribution is -0.142. The molecule has 1 atom stereocenters. The Labute approximate surface area is 211 Å². The predicted octanol–water partition coefficient (Wildman–Crippen LogP) is 6.26. The molecule has 1 fully saturated rings. The number of nitrogens with one attached hydrogen (secondary N) is 1. The molecule has 0 saturated heterocycles. The Morgan fingerprint density at radius 2 is 1.84 bits per heavy atom. The van der Waals surface area contributed by atoms with Crippen LogP contribution in [-0.4, -0.2) is 35.4 Å². The molecule has 1 N–H and O–H groups in total. The first-order valence-corrected chi connectivity index (χ1v) is 12.3. The van der Waals surface area contributed by atoms with Gasteiger partial charge < -0.3 is 15.0 Å². The van der Waals surface area contributed by atoms with Gasteiger partial charge in [-0.1, -0.05) is 69.6 Å². The van der Waals surface area contributed by atoms with Crippen molar-refractivity contribution in [2.45, 2.75) is 51.2 Å². The zero-order valence-corrected chi connectivity index (χ0v) is 21.4. The summed E-state index contributed by atoms with van der Waals surface area (Å²) >= 11 is 21.9. The lowest BCUT2D eigenvalue weighted by Crippen LogP contribution is -2.50. The Hall–Kier alpha value is -1.47. The molecule has 0 bridgehead atoms. The molecule has 5 nitrogen and oxygen atoms in total. The number of amides is 2. The highest BCUT2D eigenvalue weighted by Crippen LogP contribution is 2.28. The second-order valence-corrected chi connectivity index (χ2v) is 9.95. The molecule has 9 heteroatoms. The van der Waals surface area contributed by atoms with E-state index in [4.69, 9.17) is 39.5 Å². The van der Waals surface area contributed by atoms with Gasteiger partial charge in [0.05, 0.1) is 5.02 Å². The Kier molecular flexibility index (Phi) is 9.12. The van der Waals surface area contributed by atoms with Crippen LogP contribution in [0.5, 0.6) is 5.75 Å². The molecule has 0 aromatic heterocycles. The predicted molar refractivity (Wildman–Crippen MR) is 132 cm³/mol. The van der Waals surface area contributed by atoms with Crippen LogP contribution in [0.4, 0.5) is 0 Å². The number of rotatable bonds is 8. The average Bonchev–Trinajstić information content (AvgIpc) is 3.25. The van der Waals surface area contributed by atoms with Gasteiger partial charge in [0.15, 0.2) is 6.61 Å². The summed E-state index contributed by atoms with van der Waals surface area (Å²) in [4.78, 5) is 27.5. The number of ether oxygens (including phenoxy) is 1. The lowest BCUT2D eigenvalue weighted by atomic mass is 10.1.